The molecule has 2 aliphatic heterocycles. The summed E-state index contributed by atoms with van der Waals surface area (Å²) in [6.45, 7) is 5.13. The first-order valence-electron chi connectivity index (χ1n) is 10.1. The van der Waals surface area contributed by atoms with Gasteiger partial charge in [0.1, 0.15) is 0 Å². The Labute approximate surface area is 154 Å². The van der Waals surface area contributed by atoms with Crippen molar-refractivity contribution in [3.05, 3.63) is 11.7 Å². The fourth-order valence-electron chi connectivity index (χ4n) is 4.52. The summed E-state index contributed by atoms with van der Waals surface area (Å²) in [5, 5.41) is 7.50. The van der Waals surface area contributed by atoms with Gasteiger partial charge in [0.05, 0.1) is 0 Å². The lowest BCUT2D eigenvalue weighted by molar-refractivity contribution is 0.0778. The maximum absolute atomic E-state index is 12.7. The first-order chi connectivity index (χ1) is 12.6. The van der Waals surface area contributed by atoms with Crippen LogP contribution in [0, 0.1) is 0 Å². The molecule has 1 saturated carbocycles. The molecule has 1 aromatic rings. The Morgan fingerprint density at radius 1 is 1.19 bits per heavy atom. The van der Waals surface area contributed by atoms with Crippen molar-refractivity contribution in [2.75, 3.05) is 26.3 Å². The van der Waals surface area contributed by atoms with Gasteiger partial charge in [-0.25, -0.2) is 4.79 Å². The third kappa shape index (κ3) is 3.72. The smallest absolute Gasteiger partial charge is 0.317 e. The second-order valence-corrected chi connectivity index (χ2v) is 8.36. The maximum Gasteiger partial charge on any atom is 0.317 e. The molecule has 0 radical (unpaired) electrons. The first kappa shape index (κ1) is 17.8. The molecule has 7 nitrogen and oxygen atoms in total. The molecule has 2 saturated heterocycles. The summed E-state index contributed by atoms with van der Waals surface area (Å²) >= 11 is 0. The molecule has 144 valence electrons. The fraction of sp³-hybridized carbons (Fsp3) is 0.842. The number of carbonyl (C=O) groups excluding carboxylic acids is 1. The zero-order valence-corrected chi connectivity index (χ0v) is 15.7. The number of aromatic nitrogens is 2. The Morgan fingerprint density at radius 2 is 1.96 bits per heavy atom. The van der Waals surface area contributed by atoms with Crippen molar-refractivity contribution in [2.24, 2.45) is 0 Å². The van der Waals surface area contributed by atoms with E-state index in [4.69, 9.17) is 14.2 Å². The average Bonchev–Trinajstić information content (AvgIpc) is 3.35. The van der Waals surface area contributed by atoms with E-state index in [1.807, 2.05) is 4.90 Å². The van der Waals surface area contributed by atoms with Crippen LogP contribution in [0.15, 0.2) is 4.52 Å². The number of urea groups is 1. The molecule has 1 aliphatic carbocycles. The highest BCUT2D eigenvalue weighted by atomic mass is 16.5. The van der Waals surface area contributed by atoms with E-state index < -0.39 is 0 Å². The number of ether oxygens (including phenoxy) is 1. The summed E-state index contributed by atoms with van der Waals surface area (Å²) in [6, 6.07) is 0.414. The number of hydrogen-bond acceptors (Lipinski definition) is 5. The summed E-state index contributed by atoms with van der Waals surface area (Å²) in [4.78, 5) is 19.3. The topological polar surface area (TPSA) is 80.5 Å². The van der Waals surface area contributed by atoms with Crippen LogP contribution >= 0.6 is 0 Å². The summed E-state index contributed by atoms with van der Waals surface area (Å²) in [6.07, 6.45) is 8.48. The Bertz CT molecular complexity index is 622. The molecule has 0 spiro atoms. The van der Waals surface area contributed by atoms with Gasteiger partial charge in [0, 0.05) is 43.7 Å². The van der Waals surface area contributed by atoms with Crippen molar-refractivity contribution in [1.82, 2.24) is 20.4 Å². The third-order valence-electron chi connectivity index (χ3n) is 6.22. The van der Waals surface area contributed by atoms with Gasteiger partial charge in [-0.2, -0.15) is 4.98 Å². The zero-order valence-electron chi connectivity index (χ0n) is 15.7. The molecule has 3 heterocycles. The van der Waals surface area contributed by atoms with Crippen LogP contribution in [0.2, 0.25) is 0 Å². The summed E-state index contributed by atoms with van der Waals surface area (Å²) in [5.74, 6) is 1.79. The molecule has 1 aromatic heterocycles. The van der Waals surface area contributed by atoms with Gasteiger partial charge in [0.15, 0.2) is 5.82 Å². The number of amides is 2. The van der Waals surface area contributed by atoms with Crippen LogP contribution in [0.1, 0.15) is 75.9 Å². The van der Waals surface area contributed by atoms with Gasteiger partial charge in [-0.3, -0.25) is 0 Å². The number of nitrogens with one attached hydrogen (secondary N) is 1. The maximum atomic E-state index is 12.7. The quantitative estimate of drug-likeness (QED) is 0.894. The van der Waals surface area contributed by atoms with Gasteiger partial charge in [-0.05, 0) is 38.5 Å². The Balaban J connectivity index is 1.42. The van der Waals surface area contributed by atoms with Crippen molar-refractivity contribution in [1.29, 1.82) is 0 Å². The molecule has 3 aliphatic rings. The van der Waals surface area contributed by atoms with E-state index in [0.29, 0.717) is 18.5 Å². The number of piperidine rings is 1. The van der Waals surface area contributed by atoms with E-state index in [0.717, 1.165) is 70.0 Å². The van der Waals surface area contributed by atoms with Gasteiger partial charge in [0.25, 0.3) is 0 Å². The molecule has 4 rings (SSSR count). The molecule has 0 aromatic carbocycles. The number of rotatable bonds is 3. The lowest BCUT2D eigenvalue weighted by Gasteiger charge is -2.38. The molecular weight excluding hydrogens is 332 g/mol. The summed E-state index contributed by atoms with van der Waals surface area (Å²) < 4.78 is 11.0. The Morgan fingerprint density at radius 3 is 2.73 bits per heavy atom. The predicted molar refractivity (Wildman–Crippen MR) is 96.0 cm³/mol. The number of nitrogens with zero attached hydrogens (tertiary/aromatic N) is 3. The highest BCUT2D eigenvalue weighted by molar-refractivity contribution is 5.74. The molecule has 1 atom stereocenters. The van der Waals surface area contributed by atoms with Crippen molar-refractivity contribution < 1.29 is 14.1 Å². The fourth-order valence-corrected chi connectivity index (χ4v) is 4.52. The molecule has 0 bridgehead atoms. The minimum atomic E-state index is -0.238. The van der Waals surface area contributed by atoms with Crippen LogP contribution in [0.5, 0.6) is 0 Å². The molecule has 7 heteroatoms. The lowest BCUT2D eigenvalue weighted by Crippen LogP contribution is -2.52. The SMILES string of the molecule is CC1(c2noc(C3CCOCC3)n2)CCCN(C(=O)NC2CCCC2)C1. The molecule has 2 amide bonds. The third-order valence-corrected chi connectivity index (χ3v) is 6.22. The molecule has 1 unspecified atom stereocenters. The van der Waals surface area contributed by atoms with E-state index in [1.165, 1.54) is 12.8 Å². The molecular formula is C19H30N4O3. The minimum absolute atomic E-state index is 0.0657. The zero-order chi connectivity index (χ0) is 18.0. The monoisotopic (exact) mass is 362 g/mol. The van der Waals surface area contributed by atoms with Gasteiger partial charge in [-0.15, -0.1) is 0 Å². The largest absolute Gasteiger partial charge is 0.381 e. The second kappa shape index (κ2) is 7.55. The average molecular weight is 362 g/mol. The van der Waals surface area contributed by atoms with Crippen molar-refractivity contribution in [2.45, 2.75) is 75.7 Å². The number of carbonyl (C=O) groups is 1. The van der Waals surface area contributed by atoms with Crippen LogP contribution in [0.4, 0.5) is 4.79 Å². The number of likely N-dealkylation sites (tertiary alicyclic amines) is 1. The minimum Gasteiger partial charge on any atom is -0.381 e. The number of hydrogen-bond donors (Lipinski definition) is 1. The predicted octanol–water partition coefficient (Wildman–Crippen LogP) is 2.97. The Kier molecular flexibility index (Phi) is 5.16. The van der Waals surface area contributed by atoms with Gasteiger partial charge < -0.3 is 19.5 Å². The van der Waals surface area contributed by atoms with Crippen LogP contribution in [0.3, 0.4) is 0 Å². The van der Waals surface area contributed by atoms with E-state index in [9.17, 15) is 4.79 Å². The molecule has 3 fully saturated rings. The highest BCUT2D eigenvalue weighted by Crippen LogP contribution is 2.34. The van der Waals surface area contributed by atoms with Crippen LogP contribution in [-0.2, 0) is 10.2 Å². The van der Waals surface area contributed by atoms with Crippen molar-refractivity contribution >= 4 is 6.03 Å². The first-order valence-corrected chi connectivity index (χ1v) is 10.1. The normalized spacial score (nSPS) is 28.4. The van der Waals surface area contributed by atoms with Crippen LogP contribution in [0.25, 0.3) is 0 Å². The van der Waals surface area contributed by atoms with Gasteiger partial charge in [0.2, 0.25) is 5.89 Å². The van der Waals surface area contributed by atoms with Crippen molar-refractivity contribution in [3.63, 3.8) is 0 Å². The van der Waals surface area contributed by atoms with E-state index >= 15 is 0 Å². The van der Waals surface area contributed by atoms with E-state index in [-0.39, 0.29) is 11.4 Å². The second-order valence-electron chi connectivity index (χ2n) is 8.36. The van der Waals surface area contributed by atoms with Crippen molar-refractivity contribution in [3.8, 4) is 0 Å². The molecule has 26 heavy (non-hydrogen) atoms. The van der Waals surface area contributed by atoms with Gasteiger partial charge in [-0.1, -0.05) is 24.9 Å². The summed E-state index contributed by atoms with van der Waals surface area (Å²) in [7, 11) is 0. The van der Waals surface area contributed by atoms with E-state index in [1.54, 1.807) is 0 Å². The highest BCUT2D eigenvalue weighted by Gasteiger charge is 2.39. The summed E-state index contributed by atoms with van der Waals surface area (Å²) in [5.41, 5.74) is -0.238. The van der Waals surface area contributed by atoms with E-state index in [2.05, 4.69) is 17.4 Å². The van der Waals surface area contributed by atoms with Gasteiger partial charge >= 0.3 is 6.03 Å². The van der Waals surface area contributed by atoms with Crippen LogP contribution < -0.4 is 5.32 Å². The Hall–Kier alpha value is -1.63. The standard InChI is InChI=1S/C19H30N4O3/c1-19(17-21-16(26-22-17)14-7-11-25-12-8-14)9-4-10-23(13-19)18(24)20-15-5-2-3-6-15/h14-15H,2-13H2,1H3,(H,20,24). The van der Waals surface area contributed by atoms with Crippen LogP contribution in [-0.4, -0.2) is 53.4 Å². The molecule has 1 N–H and O–H groups in total. The lowest BCUT2D eigenvalue weighted by atomic mass is 9.81.